The summed E-state index contributed by atoms with van der Waals surface area (Å²) in [6.07, 6.45) is 1.20. The summed E-state index contributed by atoms with van der Waals surface area (Å²) in [5.74, 6) is -1.94. The van der Waals surface area contributed by atoms with Gasteiger partial charge in [0.2, 0.25) is 12.0 Å². The van der Waals surface area contributed by atoms with E-state index in [2.05, 4.69) is 10.3 Å². The van der Waals surface area contributed by atoms with E-state index in [-0.39, 0.29) is 12.5 Å². The van der Waals surface area contributed by atoms with Crippen LogP contribution in [-0.2, 0) is 14.4 Å². The Kier molecular flexibility index (Phi) is 5.17. The number of aliphatic carboxylic acids is 1. The summed E-state index contributed by atoms with van der Waals surface area (Å²) in [6.45, 7) is 2.95. The minimum absolute atomic E-state index is 0.225. The number of hydrogen-bond donors (Lipinski definition) is 2. The molecule has 0 saturated heterocycles. The molecule has 6 heteroatoms. The van der Waals surface area contributed by atoms with Gasteiger partial charge in [0.15, 0.2) is 0 Å². The van der Waals surface area contributed by atoms with Crippen LogP contribution in [-0.4, -0.2) is 35.6 Å². The second-order valence-corrected chi connectivity index (χ2v) is 3.03. The Balaban J connectivity index is 4.23. The highest BCUT2D eigenvalue weighted by Gasteiger charge is 2.22. The number of carboxylic acids is 1. The van der Waals surface area contributed by atoms with Crippen molar-refractivity contribution in [2.45, 2.75) is 19.9 Å². The van der Waals surface area contributed by atoms with Crippen LogP contribution in [0.25, 0.3) is 0 Å². The lowest BCUT2D eigenvalue weighted by molar-refractivity contribution is -0.142. The van der Waals surface area contributed by atoms with E-state index < -0.39 is 17.9 Å². The summed E-state index contributed by atoms with van der Waals surface area (Å²) >= 11 is 0. The van der Waals surface area contributed by atoms with Crippen molar-refractivity contribution < 1.29 is 19.5 Å². The topological polar surface area (TPSA) is 95.8 Å². The van der Waals surface area contributed by atoms with Crippen molar-refractivity contribution in [1.82, 2.24) is 5.32 Å². The minimum atomic E-state index is -1.11. The molecule has 0 aromatic carbocycles. The summed E-state index contributed by atoms with van der Waals surface area (Å²) < 4.78 is 0. The van der Waals surface area contributed by atoms with Crippen molar-refractivity contribution >= 4 is 18.0 Å². The van der Waals surface area contributed by atoms with Crippen LogP contribution in [0.5, 0.6) is 0 Å². The van der Waals surface area contributed by atoms with E-state index in [4.69, 9.17) is 5.11 Å². The standard InChI is InChI=1S/C8H12N2O4/c1-5(2)7(8(13)14)10-6(12)3-9-4-11/h5,7H,3H2,1-2H3,(H,10,12)(H,13,14). The van der Waals surface area contributed by atoms with E-state index in [1.165, 1.54) is 6.08 Å². The Hall–Kier alpha value is -1.68. The molecule has 14 heavy (non-hydrogen) atoms. The first kappa shape index (κ1) is 12.3. The monoisotopic (exact) mass is 200 g/mol. The van der Waals surface area contributed by atoms with Crippen LogP contribution in [0.15, 0.2) is 4.99 Å². The number of carbonyl (C=O) groups is 2. The van der Waals surface area contributed by atoms with Crippen molar-refractivity contribution in [2.75, 3.05) is 6.54 Å². The Bertz CT molecular complexity index is 269. The molecule has 0 aromatic rings. The van der Waals surface area contributed by atoms with Crippen LogP contribution in [0.2, 0.25) is 0 Å². The first-order chi connectivity index (χ1) is 6.49. The molecule has 78 valence electrons. The van der Waals surface area contributed by atoms with Gasteiger partial charge < -0.3 is 10.4 Å². The molecular weight excluding hydrogens is 188 g/mol. The molecule has 0 aliphatic heterocycles. The quantitative estimate of drug-likeness (QED) is 0.464. The molecule has 0 saturated carbocycles. The maximum Gasteiger partial charge on any atom is 0.326 e. The molecule has 1 atom stereocenters. The Morgan fingerprint density at radius 2 is 2.07 bits per heavy atom. The number of nitrogens with zero attached hydrogens (tertiary/aromatic N) is 1. The van der Waals surface area contributed by atoms with Gasteiger partial charge in [0.25, 0.3) is 0 Å². The molecular formula is C8H12N2O4. The normalized spacial score (nSPS) is 11.6. The maximum atomic E-state index is 11.0. The zero-order valence-corrected chi connectivity index (χ0v) is 7.98. The van der Waals surface area contributed by atoms with Crippen LogP contribution in [0.1, 0.15) is 13.8 Å². The molecule has 0 spiro atoms. The zero-order chi connectivity index (χ0) is 11.1. The molecule has 1 amide bonds. The van der Waals surface area contributed by atoms with Crippen molar-refractivity contribution in [2.24, 2.45) is 10.9 Å². The van der Waals surface area contributed by atoms with Gasteiger partial charge in [-0.1, -0.05) is 13.8 Å². The molecule has 0 fully saturated rings. The third kappa shape index (κ3) is 4.37. The zero-order valence-electron chi connectivity index (χ0n) is 7.98. The molecule has 0 radical (unpaired) electrons. The molecule has 0 aliphatic rings. The Morgan fingerprint density at radius 3 is 2.43 bits per heavy atom. The van der Waals surface area contributed by atoms with Crippen LogP contribution < -0.4 is 5.32 Å². The Morgan fingerprint density at radius 1 is 1.50 bits per heavy atom. The van der Waals surface area contributed by atoms with Gasteiger partial charge in [-0.2, -0.15) is 4.99 Å². The fourth-order valence-electron chi connectivity index (χ4n) is 0.837. The molecule has 0 aliphatic carbocycles. The number of amides is 1. The molecule has 1 unspecified atom stereocenters. The largest absolute Gasteiger partial charge is 0.480 e. The third-order valence-corrected chi connectivity index (χ3v) is 1.54. The van der Waals surface area contributed by atoms with Gasteiger partial charge >= 0.3 is 5.97 Å². The van der Waals surface area contributed by atoms with Crippen LogP contribution in [0, 0.1) is 5.92 Å². The van der Waals surface area contributed by atoms with Gasteiger partial charge in [0, 0.05) is 0 Å². The van der Waals surface area contributed by atoms with E-state index in [0.717, 1.165) is 0 Å². The van der Waals surface area contributed by atoms with Crippen LogP contribution in [0.4, 0.5) is 0 Å². The molecule has 6 nitrogen and oxygen atoms in total. The second kappa shape index (κ2) is 5.88. The van der Waals surface area contributed by atoms with E-state index in [9.17, 15) is 14.4 Å². The smallest absolute Gasteiger partial charge is 0.326 e. The SMILES string of the molecule is CC(C)C(NC(=O)CN=C=O)C(=O)O. The highest BCUT2D eigenvalue weighted by Crippen LogP contribution is 2.01. The molecule has 0 rings (SSSR count). The second-order valence-electron chi connectivity index (χ2n) is 3.03. The fraction of sp³-hybridized carbons (Fsp3) is 0.625. The summed E-state index contributed by atoms with van der Waals surface area (Å²) in [7, 11) is 0. The van der Waals surface area contributed by atoms with E-state index in [0.29, 0.717) is 0 Å². The average molecular weight is 200 g/mol. The molecule has 2 N–H and O–H groups in total. The highest BCUT2D eigenvalue weighted by molar-refractivity contribution is 5.85. The van der Waals surface area contributed by atoms with Gasteiger partial charge in [0.1, 0.15) is 12.6 Å². The van der Waals surface area contributed by atoms with Crippen molar-refractivity contribution in [3.63, 3.8) is 0 Å². The Labute approximate surface area is 81.0 Å². The predicted octanol–water partition coefficient (Wildman–Crippen LogP) is -0.452. The van der Waals surface area contributed by atoms with E-state index >= 15 is 0 Å². The van der Waals surface area contributed by atoms with Crippen molar-refractivity contribution in [3.05, 3.63) is 0 Å². The number of hydrogen-bond acceptors (Lipinski definition) is 4. The van der Waals surface area contributed by atoms with E-state index in [1.54, 1.807) is 13.8 Å². The predicted molar refractivity (Wildman–Crippen MR) is 47.4 cm³/mol. The lowest BCUT2D eigenvalue weighted by Crippen LogP contribution is -2.45. The summed E-state index contributed by atoms with van der Waals surface area (Å²) in [5, 5.41) is 10.9. The van der Waals surface area contributed by atoms with E-state index in [1.807, 2.05) is 0 Å². The first-order valence-electron chi connectivity index (χ1n) is 4.04. The minimum Gasteiger partial charge on any atom is -0.480 e. The highest BCUT2D eigenvalue weighted by atomic mass is 16.4. The van der Waals surface area contributed by atoms with Crippen molar-refractivity contribution in [1.29, 1.82) is 0 Å². The van der Waals surface area contributed by atoms with Gasteiger partial charge in [-0.05, 0) is 5.92 Å². The fourth-order valence-corrected chi connectivity index (χ4v) is 0.837. The van der Waals surface area contributed by atoms with Gasteiger partial charge in [-0.25, -0.2) is 9.59 Å². The van der Waals surface area contributed by atoms with Crippen LogP contribution >= 0.6 is 0 Å². The lowest BCUT2D eigenvalue weighted by atomic mass is 10.1. The number of nitrogens with one attached hydrogen (secondary N) is 1. The summed E-state index contributed by atoms with van der Waals surface area (Å²) in [6, 6.07) is -0.954. The molecule has 0 bridgehead atoms. The van der Waals surface area contributed by atoms with Gasteiger partial charge in [0.05, 0.1) is 0 Å². The number of carbonyl (C=O) groups excluding carboxylic acids is 2. The van der Waals surface area contributed by atoms with Crippen LogP contribution in [0.3, 0.4) is 0 Å². The number of carboxylic acid groups (broad SMARTS) is 1. The van der Waals surface area contributed by atoms with Crippen molar-refractivity contribution in [3.8, 4) is 0 Å². The lowest BCUT2D eigenvalue weighted by Gasteiger charge is -2.16. The van der Waals surface area contributed by atoms with Gasteiger partial charge in [-0.15, -0.1) is 0 Å². The summed E-state index contributed by atoms with van der Waals surface area (Å²) in [5.41, 5.74) is 0. The molecule has 0 aromatic heterocycles. The average Bonchev–Trinajstić information content (AvgIpc) is 2.09. The number of aliphatic imine (C=N–C) groups is 1. The molecule has 0 heterocycles. The number of isocyanates is 1. The maximum absolute atomic E-state index is 11.0. The number of rotatable bonds is 5. The third-order valence-electron chi connectivity index (χ3n) is 1.54. The van der Waals surface area contributed by atoms with Gasteiger partial charge in [-0.3, -0.25) is 4.79 Å². The summed E-state index contributed by atoms with van der Waals surface area (Å²) in [4.78, 5) is 34.3. The first-order valence-corrected chi connectivity index (χ1v) is 4.04.